The molecule has 224 valence electrons. The lowest BCUT2D eigenvalue weighted by molar-refractivity contribution is -0.308. The van der Waals surface area contributed by atoms with Crippen LogP contribution in [0.5, 0.6) is 0 Å². The number of alkyl halides is 6. The summed E-state index contributed by atoms with van der Waals surface area (Å²) in [6.45, 7) is 4.65. The number of likely N-dealkylation sites (tertiary alicyclic amines) is 2. The van der Waals surface area contributed by atoms with Gasteiger partial charge < -0.3 is 19.3 Å². The molecule has 0 atom stereocenters. The molecule has 0 aromatic heterocycles. The lowest BCUT2D eigenvalue weighted by atomic mass is 9.84. The number of rotatable bonds is 6. The second kappa shape index (κ2) is 12.0. The summed E-state index contributed by atoms with van der Waals surface area (Å²) in [7, 11) is 0. The third kappa shape index (κ3) is 7.16. The largest absolute Gasteiger partial charge is 0.434 e. The highest BCUT2D eigenvalue weighted by atomic mass is 35.5. The minimum Gasteiger partial charge on any atom is -0.426 e. The second-order valence-electron chi connectivity index (χ2n) is 11.2. The molecular weight excluding hydrogens is 564 g/mol. The smallest absolute Gasteiger partial charge is 0.426 e. The lowest BCUT2D eigenvalue weighted by Gasteiger charge is -2.45. The number of piperidine rings is 2. The van der Waals surface area contributed by atoms with Crippen LogP contribution < -0.4 is 4.90 Å². The van der Waals surface area contributed by atoms with Crippen molar-refractivity contribution in [1.82, 2.24) is 9.80 Å². The van der Waals surface area contributed by atoms with E-state index < -0.39 is 24.5 Å². The molecule has 0 radical (unpaired) electrons. The Labute approximate surface area is 234 Å². The van der Waals surface area contributed by atoms with Gasteiger partial charge >= 0.3 is 18.4 Å². The molecule has 1 spiro atoms. The maximum absolute atomic E-state index is 12.9. The van der Waals surface area contributed by atoms with Crippen LogP contribution in [0.25, 0.3) is 0 Å². The first-order valence-corrected chi connectivity index (χ1v) is 13.9. The van der Waals surface area contributed by atoms with Gasteiger partial charge in [-0.3, -0.25) is 4.90 Å². The number of nitrogens with zero attached hydrogens (tertiary/aromatic N) is 3. The summed E-state index contributed by atoms with van der Waals surface area (Å²) >= 11 is 6.36. The van der Waals surface area contributed by atoms with E-state index in [0.717, 1.165) is 61.5 Å². The molecule has 3 aliphatic heterocycles. The molecule has 1 amide bonds. The second-order valence-corrected chi connectivity index (χ2v) is 11.6. The van der Waals surface area contributed by atoms with Crippen molar-refractivity contribution in [1.29, 1.82) is 0 Å². The number of anilines is 1. The fourth-order valence-electron chi connectivity index (χ4n) is 6.36. The van der Waals surface area contributed by atoms with Crippen LogP contribution in [0.4, 0.5) is 36.8 Å². The monoisotopic (exact) mass is 597 g/mol. The zero-order valence-corrected chi connectivity index (χ0v) is 23.0. The lowest BCUT2D eigenvalue weighted by Crippen LogP contribution is -2.54. The third-order valence-corrected chi connectivity index (χ3v) is 8.68. The van der Waals surface area contributed by atoms with E-state index >= 15 is 0 Å². The van der Waals surface area contributed by atoms with Gasteiger partial charge in [0, 0.05) is 55.4 Å². The van der Waals surface area contributed by atoms with E-state index in [-0.39, 0.29) is 24.4 Å². The molecule has 0 unspecified atom stereocenters. The first kappa shape index (κ1) is 30.7. The minimum atomic E-state index is -5.74. The van der Waals surface area contributed by atoms with Gasteiger partial charge in [-0.2, -0.15) is 26.3 Å². The molecule has 0 bridgehead atoms. The van der Waals surface area contributed by atoms with Crippen LogP contribution in [0.3, 0.4) is 0 Å². The summed E-state index contributed by atoms with van der Waals surface area (Å²) in [5.74, 6) is 0.568. The molecule has 3 heterocycles. The maximum atomic E-state index is 12.9. The van der Waals surface area contributed by atoms with Crippen molar-refractivity contribution >= 4 is 29.2 Å². The van der Waals surface area contributed by atoms with Crippen LogP contribution >= 0.6 is 11.6 Å². The summed E-state index contributed by atoms with van der Waals surface area (Å²) in [6.07, 6.45) is -12.3. The van der Waals surface area contributed by atoms with Crippen molar-refractivity contribution in [3.8, 4) is 0 Å². The standard InChI is InChI=1S/C27H34ClF6N3O3/c1-18(38)15-19-5-11-35(12-6-19)22-16-21(28)4-3-20(22)17-37-10-2-7-25(37)8-13-36(14-9-25)24(39)40-23(26(29,30)31)27(32,33)34/h3-4,16,19,23H,2,5-15,17H2,1H3. The number of ether oxygens (including phenoxy) is 1. The molecular formula is C27H34ClF6N3O3. The van der Waals surface area contributed by atoms with Gasteiger partial charge in [0.15, 0.2) is 0 Å². The van der Waals surface area contributed by atoms with Gasteiger partial charge in [0.1, 0.15) is 5.78 Å². The van der Waals surface area contributed by atoms with Crippen molar-refractivity contribution in [3.05, 3.63) is 28.8 Å². The van der Waals surface area contributed by atoms with E-state index in [1.54, 1.807) is 6.92 Å². The molecule has 1 aromatic carbocycles. The Morgan fingerprint density at radius 1 is 1.00 bits per heavy atom. The Hall–Kier alpha value is -2.21. The SMILES string of the molecule is CC(=O)CC1CCN(c2cc(Cl)ccc2CN2CCCC23CCN(C(=O)OC(C(F)(F)F)C(F)(F)F)CC3)CC1. The predicted molar refractivity (Wildman–Crippen MR) is 137 cm³/mol. The highest BCUT2D eigenvalue weighted by molar-refractivity contribution is 6.30. The van der Waals surface area contributed by atoms with Crippen molar-refractivity contribution < 1.29 is 40.7 Å². The summed E-state index contributed by atoms with van der Waals surface area (Å²) in [6, 6.07) is 5.77. The molecule has 1 aromatic rings. The van der Waals surface area contributed by atoms with E-state index in [9.17, 15) is 35.9 Å². The first-order chi connectivity index (χ1) is 18.7. The molecule has 40 heavy (non-hydrogen) atoms. The maximum Gasteiger partial charge on any atom is 0.434 e. The van der Waals surface area contributed by atoms with E-state index in [4.69, 9.17) is 11.6 Å². The number of ketones is 1. The number of halogens is 7. The molecule has 3 fully saturated rings. The van der Waals surface area contributed by atoms with Gasteiger partial charge in [-0.1, -0.05) is 17.7 Å². The fourth-order valence-corrected chi connectivity index (χ4v) is 6.53. The number of hydrogen-bond donors (Lipinski definition) is 0. The van der Waals surface area contributed by atoms with E-state index in [1.807, 2.05) is 18.2 Å². The number of hydrogen-bond acceptors (Lipinski definition) is 5. The quantitative estimate of drug-likeness (QED) is 0.346. The number of amides is 1. The van der Waals surface area contributed by atoms with Gasteiger partial charge in [-0.15, -0.1) is 0 Å². The number of Topliss-reactive ketones (excluding diaryl/α,β-unsaturated/α-hetero) is 1. The Bertz CT molecular complexity index is 1050. The summed E-state index contributed by atoms with van der Waals surface area (Å²) < 4.78 is 81.0. The van der Waals surface area contributed by atoms with Gasteiger partial charge in [0.2, 0.25) is 0 Å². The summed E-state index contributed by atoms with van der Waals surface area (Å²) in [5.41, 5.74) is 1.80. The normalized spacial score (nSPS) is 20.9. The Kier molecular flexibility index (Phi) is 9.19. The van der Waals surface area contributed by atoms with E-state index in [1.165, 1.54) is 0 Å². The van der Waals surface area contributed by atoms with E-state index in [0.29, 0.717) is 36.7 Å². The highest BCUT2D eigenvalue weighted by Gasteiger charge is 2.60. The zero-order valence-electron chi connectivity index (χ0n) is 22.3. The number of carbonyl (C=O) groups is 2. The van der Waals surface area contributed by atoms with Gasteiger partial charge in [0.05, 0.1) is 0 Å². The number of carbonyl (C=O) groups excluding carboxylic acids is 2. The van der Waals surface area contributed by atoms with Gasteiger partial charge in [0.25, 0.3) is 6.10 Å². The molecule has 3 aliphatic rings. The van der Waals surface area contributed by atoms with Crippen molar-refractivity contribution in [2.75, 3.05) is 37.6 Å². The van der Waals surface area contributed by atoms with Crippen LogP contribution in [-0.2, 0) is 16.1 Å². The molecule has 13 heteroatoms. The van der Waals surface area contributed by atoms with Crippen molar-refractivity contribution in [2.24, 2.45) is 5.92 Å². The van der Waals surface area contributed by atoms with E-state index in [2.05, 4.69) is 14.5 Å². The van der Waals surface area contributed by atoms with Gasteiger partial charge in [-0.25, -0.2) is 4.79 Å². The van der Waals surface area contributed by atoms with Crippen LogP contribution in [0, 0.1) is 5.92 Å². The average molecular weight is 598 g/mol. The molecule has 3 saturated heterocycles. The Morgan fingerprint density at radius 3 is 2.20 bits per heavy atom. The van der Waals surface area contributed by atoms with Gasteiger partial charge in [-0.05, 0) is 75.6 Å². The average Bonchev–Trinajstić information content (AvgIpc) is 3.23. The third-order valence-electron chi connectivity index (χ3n) is 8.45. The Morgan fingerprint density at radius 2 is 1.62 bits per heavy atom. The summed E-state index contributed by atoms with van der Waals surface area (Å²) in [5, 5.41) is 0.614. The molecule has 4 rings (SSSR count). The predicted octanol–water partition coefficient (Wildman–Crippen LogP) is 6.60. The highest BCUT2D eigenvalue weighted by Crippen LogP contribution is 2.42. The van der Waals surface area contributed by atoms with Crippen LogP contribution in [0.2, 0.25) is 5.02 Å². The van der Waals surface area contributed by atoms with Crippen molar-refractivity contribution in [3.63, 3.8) is 0 Å². The molecule has 6 nitrogen and oxygen atoms in total. The topological polar surface area (TPSA) is 53.1 Å². The van der Waals surface area contributed by atoms with Crippen LogP contribution in [0.15, 0.2) is 18.2 Å². The fraction of sp³-hybridized carbons (Fsp3) is 0.704. The zero-order chi connectivity index (χ0) is 29.3. The minimum absolute atomic E-state index is 0.00883. The summed E-state index contributed by atoms with van der Waals surface area (Å²) in [4.78, 5) is 29.3. The molecule has 0 saturated carbocycles. The van der Waals surface area contributed by atoms with Crippen molar-refractivity contribution in [2.45, 2.75) is 82.4 Å². The molecule has 0 aliphatic carbocycles. The Balaban J connectivity index is 1.41. The first-order valence-electron chi connectivity index (χ1n) is 13.5. The number of benzene rings is 1. The van der Waals surface area contributed by atoms with Crippen LogP contribution in [-0.4, -0.2) is 78.4 Å². The van der Waals surface area contributed by atoms with Crippen LogP contribution in [0.1, 0.15) is 57.4 Å². The molecule has 0 N–H and O–H groups in total.